The van der Waals surface area contributed by atoms with E-state index in [4.69, 9.17) is 9.72 Å². The summed E-state index contributed by atoms with van der Waals surface area (Å²) in [6.07, 6.45) is 2.18. The number of fused-ring (bicyclic) bond motifs is 1. The Morgan fingerprint density at radius 3 is 2.58 bits per heavy atom. The van der Waals surface area contributed by atoms with Gasteiger partial charge in [-0.25, -0.2) is 4.98 Å². The molecule has 0 saturated heterocycles. The molecule has 168 valence electrons. The molecular formula is C28H27BrN2O2. The summed E-state index contributed by atoms with van der Waals surface area (Å²) >= 11 is 3.53. The maximum Gasteiger partial charge on any atom is 0.252 e. The van der Waals surface area contributed by atoms with Gasteiger partial charge in [-0.1, -0.05) is 65.7 Å². The maximum atomic E-state index is 13.5. The van der Waals surface area contributed by atoms with E-state index in [9.17, 15) is 4.79 Å². The summed E-state index contributed by atoms with van der Waals surface area (Å²) in [6, 6.07) is 23.7. The minimum absolute atomic E-state index is 0.121. The summed E-state index contributed by atoms with van der Waals surface area (Å²) in [6.45, 7) is 4.18. The lowest BCUT2D eigenvalue weighted by Gasteiger charge is -2.17. The quantitative estimate of drug-likeness (QED) is 0.292. The third-order valence-electron chi connectivity index (χ3n) is 5.75. The Morgan fingerprint density at radius 1 is 1.06 bits per heavy atom. The number of rotatable bonds is 7. The molecule has 0 radical (unpaired) electrons. The van der Waals surface area contributed by atoms with Crippen LogP contribution in [-0.2, 0) is 6.42 Å². The second-order valence-corrected chi connectivity index (χ2v) is 9.05. The van der Waals surface area contributed by atoms with Crippen LogP contribution in [0, 0.1) is 0 Å². The van der Waals surface area contributed by atoms with Crippen LogP contribution in [-0.4, -0.2) is 18.0 Å². The average molecular weight is 503 g/mol. The molecule has 1 atom stereocenters. The minimum Gasteiger partial charge on any atom is -0.497 e. The highest BCUT2D eigenvalue weighted by molar-refractivity contribution is 9.10. The number of halogens is 1. The molecule has 5 heteroatoms. The predicted molar refractivity (Wildman–Crippen MR) is 138 cm³/mol. The highest BCUT2D eigenvalue weighted by Gasteiger charge is 2.17. The lowest BCUT2D eigenvalue weighted by atomic mass is 10.0. The third-order valence-corrected chi connectivity index (χ3v) is 6.24. The number of aromatic nitrogens is 1. The first-order chi connectivity index (χ1) is 16.0. The van der Waals surface area contributed by atoms with E-state index >= 15 is 0 Å². The van der Waals surface area contributed by atoms with Crippen molar-refractivity contribution >= 4 is 32.7 Å². The zero-order valence-electron chi connectivity index (χ0n) is 19.1. The largest absolute Gasteiger partial charge is 0.497 e. The first kappa shape index (κ1) is 23.0. The highest BCUT2D eigenvalue weighted by Crippen LogP contribution is 2.29. The highest BCUT2D eigenvalue weighted by atomic mass is 79.9. The summed E-state index contributed by atoms with van der Waals surface area (Å²) in [5.74, 6) is 0.617. The van der Waals surface area contributed by atoms with E-state index in [0.29, 0.717) is 5.56 Å². The Bertz CT molecular complexity index is 1290. The molecule has 0 aliphatic carbocycles. The van der Waals surface area contributed by atoms with Crippen LogP contribution in [0.2, 0.25) is 0 Å². The number of nitrogens with zero attached hydrogens (tertiary/aromatic N) is 1. The molecule has 3 aromatic carbocycles. The molecule has 4 rings (SSSR count). The fraction of sp³-hybridized carbons (Fsp3) is 0.214. The standard InChI is InChI=1S/C28H27BrN2O2/c1-4-6-19-9-11-20(12-10-19)18(2)30-28(32)25-17-27(21-7-5-8-23(15-21)33-3)31-26-14-13-22(29)16-24(25)26/h5,7-18H,4,6H2,1-3H3,(H,30,32). The van der Waals surface area contributed by atoms with Gasteiger partial charge in [-0.05, 0) is 60.9 Å². The predicted octanol–water partition coefficient (Wildman–Crippen LogP) is 7.12. The maximum absolute atomic E-state index is 13.5. The number of carbonyl (C=O) groups is 1. The van der Waals surface area contributed by atoms with Gasteiger partial charge in [0.25, 0.3) is 5.91 Å². The van der Waals surface area contributed by atoms with Gasteiger partial charge in [0.05, 0.1) is 29.9 Å². The van der Waals surface area contributed by atoms with E-state index in [1.807, 2.05) is 55.5 Å². The third kappa shape index (κ3) is 5.25. The number of aryl methyl sites for hydroxylation is 1. The van der Waals surface area contributed by atoms with Gasteiger partial charge in [0.2, 0.25) is 0 Å². The van der Waals surface area contributed by atoms with Crippen LogP contribution in [0.15, 0.2) is 77.3 Å². The van der Waals surface area contributed by atoms with Crippen molar-refractivity contribution in [2.24, 2.45) is 0 Å². The van der Waals surface area contributed by atoms with Crippen molar-refractivity contribution in [3.63, 3.8) is 0 Å². The molecule has 0 fully saturated rings. The number of ether oxygens (including phenoxy) is 1. The van der Waals surface area contributed by atoms with Gasteiger partial charge in [0.15, 0.2) is 0 Å². The lowest BCUT2D eigenvalue weighted by Crippen LogP contribution is -2.27. The SMILES string of the molecule is CCCc1ccc(C(C)NC(=O)c2cc(-c3cccc(OC)c3)nc3ccc(Br)cc23)cc1. The number of amides is 1. The van der Waals surface area contributed by atoms with Gasteiger partial charge in [-0.2, -0.15) is 0 Å². The van der Waals surface area contributed by atoms with E-state index in [1.165, 1.54) is 5.56 Å². The van der Waals surface area contributed by atoms with Gasteiger partial charge in [0, 0.05) is 15.4 Å². The Morgan fingerprint density at radius 2 is 1.85 bits per heavy atom. The number of pyridine rings is 1. The van der Waals surface area contributed by atoms with Crippen LogP contribution >= 0.6 is 15.9 Å². The molecule has 33 heavy (non-hydrogen) atoms. The number of carbonyl (C=O) groups excluding carboxylic acids is 1. The van der Waals surface area contributed by atoms with Crippen molar-refractivity contribution in [3.8, 4) is 17.0 Å². The Kier molecular flexibility index (Phi) is 7.09. The number of methoxy groups -OCH3 is 1. The smallest absolute Gasteiger partial charge is 0.252 e. The van der Waals surface area contributed by atoms with Gasteiger partial charge >= 0.3 is 0 Å². The lowest BCUT2D eigenvalue weighted by molar-refractivity contribution is 0.0941. The molecule has 4 aromatic rings. The second-order valence-electron chi connectivity index (χ2n) is 8.14. The summed E-state index contributed by atoms with van der Waals surface area (Å²) in [5.41, 5.74) is 5.37. The molecule has 0 aliphatic rings. The average Bonchev–Trinajstić information content (AvgIpc) is 2.84. The molecular weight excluding hydrogens is 476 g/mol. The Balaban J connectivity index is 1.70. The number of benzene rings is 3. The summed E-state index contributed by atoms with van der Waals surface area (Å²) in [5, 5.41) is 3.97. The van der Waals surface area contributed by atoms with Crippen molar-refractivity contribution in [3.05, 3.63) is 94.0 Å². The molecule has 1 N–H and O–H groups in total. The van der Waals surface area contributed by atoms with Gasteiger partial charge in [-0.3, -0.25) is 4.79 Å². The fourth-order valence-electron chi connectivity index (χ4n) is 3.94. The van der Waals surface area contributed by atoms with Crippen LogP contribution in [0.3, 0.4) is 0 Å². The fourth-order valence-corrected chi connectivity index (χ4v) is 4.30. The summed E-state index contributed by atoms with van der Waals surface area (Å²) in [7, 11) is 1.64. The molecule has 1 aromatic heterocycles. The van der Waals surface area contributed by atoms with E-state index in [1.54, 1.807) is 7.11 Å². The first-order valence-corrected chi connectivity index (χ1v) is 11.9. The zero-order valence-corrected chi connectivity index (χ0v) is 20.6. The van der Waals surface area contributed by atoms with Crippen LogP contribution in [0.1, 0.15) is 47.8 Å². The minimum atomic E-state index is -0.130. The molecule has 1 heterocycles. The van der Waals surface area contributed by atoms with E-state index in [2.05, 4.69) is 52.4 Å². The normalized spacial score (nSPS) is 11.9. The molecule has 4 nitrogen and oxygen atoms in total. The van der Waals surface area contributed by atoms with E-state index in [-0.39, 0.29) is 11.9 Å². The summed E-state index contributed by atoms with van der Waals surface area (Å²) in [4.78, 5) is 18.3. The van der Waals surface area contributed by atoms with E-state index < -0.39 is 0 Å². The zero-order chi connectivity index (χ0) is 23.4. The molecule has 0 aliphatic heterocycles. The van der Waals surface area contributed by atoms with Gasteiger partial charge in [-0.15, -0.1) is 0 Å². The number of hydrogen-bond donors (Lipinski definition) is 1. The Hall–Kier alpha value is -3.18. The van der Waals surface area contributed by atoms with Crippen LogP contribution in [0.5, 0.6) is 5.75 Å². The number of nitrogens with one attached hydrogen (secondary N) is 1. The molecule has 1 unspecified atom stereocenters. The molecule has 1 amide bonds. The topological polar surface area (TPSA) is 51.2 Å². The van der Waals surface area contributed by atoms with Crippen molar-refractivity contribution < 1.29 is 9.53 Å². The second kappa shape index (κ2) is 10.2. The monoisotopic (exact) mass is 502 g/mol. The van der Waals surface area contributed by atoms with Crippen molar-refractivity contribution in [2.75, 3.05) is 7.11 Å². The molecule has 0 spiro atoms. The first-order valence-electron chi connectivity index (χ1n) is 11.1. The number of hydrogen-bond acceptors (Lipinski definition) is 3. The van der Waals surface area contributed by atoms with Crippen LogP contribution in [0.25, 0.3) is 22.2 Å². The van der Waals surface area contributed by atoms with Gasteiger partial charge in [0.1, 0.15) is 5.75 Å². The molecule has 0 saturated carbocycles. The summed E-state index contributed by atoms with van der Waals surface area (Å²) < 4.78 is 6.27. The van der Waals surface area contributed by atoms with Crippen molar-refractivity contribution in [2.45, 2.75) is 32.7 Å². The van der Waals surface area contributed by atoms with Gasteiger partial charge < -0.3 is 10.1 Å². The Labute approximate surface area is 203 Å². The van der Waals surface area contributed by atoms with Crippen molar-refractivity contribution in [1.82, 2.24) is 10.3 Å². The van der Waals surface area contributed by atoms with Crippen LogP contribution < -0.4 is 10.1 Å². The van der Waals surface area contributed by atoms with Crippen molar-refractivity contribution in [1.29, 1.82) is 0 Å². The van der Waals surface area contributed by atoms with E-state index in [0.717, 1.165) is 50.8 Å². The molecule has 0 bridgehead atoms. The van der Waals surface area contributed by atoms with Crippen LogP contribution in [0.4, 0.5) is 0 Å².